The van der Waals surface area contributed by atoms with E-state index >= 15 is 0 Å². The smallest absolute Gasteiger partial charge is 0.0981 e. The molecule has 0 spiro atoms. The van der Waals surface area contributed by atoms with E-state index in [9.17, 15) is 0 Å². The molecule has 0 fully saturated rings. The topological polar surface area (TPSA) is 17.8 Å². The second-order valence-electron chi connectivity index (χ2n) is 2.40. The van der Waals surface area contributed by atoms with Gasteiger partial charge in [0.2, 0.25) is 0 Å². The highest BCUT2D eigenvalue weighted by Gasteiger charge is 1.99. The van der Waals surface area contributed by atoms with E-state index in [1.807, 2.05) is 30.2 Å². The van der Waals surface area contributed by atoms with Gasteiger partial charge in [-0.25, -0.2) is 4.98 Å². The molecule has 56 valence electrons. The Morgan fingerprint density at radius 1 is 1.55 bits per heavy atom. The van der Waals surface area contributed by atoms with Crippen molar-refractivity contribution in [1.82, 2.24) is 9.55 Å². The molecule has 0 aliphatic carbocycles. The summed E-state index contributed by atoms with van der Waals surface area (Å²) in [6.45, 7) is 0. The molecule has 0 saturated heterocycles. The first-order valence-electron chi connectivity index (χ1n) is 3.38. The maximum Gasteiger partial charge on any atom is 0.0981 e. The second-order valence-corrected chi connectivity index (χ2v) is 3.35. The molecule has 0 saturated carbocycles. The summed E-state index contributed by atoms with van der Waals surface area (Å²) < 4.78 is 1.95. The van der Waals surface area contributed by atoms with Crippen molar-refractivity contribution >= 4 is 11.3 Å². The molecule has 3 heteroatoms. The summed E-state index contributed by atoms with van der Waals surface area (Å²) in [7, 11) is 1.98. The predicted octanol–water partition coefficient (Wildman–Crippen LogP) is 2.15. The Bertz CT molecular complexity index is 335. The first-order chi connectivity index (χ1) is 5.36. The van der Waals surface area contributed by atoms with Gasteiger partial charge in [-0.2, -0.15) is 0 Å². The van der Waals surface area contributed by atoms with Crippen LogP contribution in [0.5, 0.6) is 0 Å². The van der Waals surface area contributed by atoms with Crippen LogP contribution in [0.1, 0.15) is 0 Å². The summed E-state index contributed by atoms with van der Waals surface area (Å²) in [6.07, 6.45) is 3.83. The average Bonchev–Trinajstić information content (AvgIpc) is 2.55. The van der Waals surface area contributed by atoms with Crippen LogP contribution in [0.3, 0.4) is 0 Å². The minimum absolute atomic E-state index is 1.06. The summed E-state index contributed by atoms with van der Waals surface area (Å²) in [6, 6.07) is 4.11. The number of aromatic nitrogens is 2. The second kappa shape index (κ2) is 2.51. The number of hydrogen-bond donors (Lipinski definition) is 0. The van der Waals surface area contributed by atoms with Crippen LogP contribution >= 0.6 is 11.3 Å². The van der Waals surface area contributed by atoms with Crippen molar-refractivity contribution in [1.29, 1.82) is 0 Å². The van der Waals surface area contributed by atoms with Crippen molar-refractivity contribution in [2.45, 2.75) is 0 Å². The lowest BCUT2D eigenvalue weighted by atomic mass is 10.4. The Balaban J connectivity index is 2.45. The van der Waals surface area contributed by atoms with Crippen LogP contribution in [0, 0.1) is 0 Å². The van der Waals surface area contributed by atoms with Crippen molar-refractivity contribution < 1.29 is 0 Å². The number of hydrogen-bond acceptors (Lipinski definition) is 2. The van der Waals surface area contributed by atoms with Crippen molar-refractivity contribution in [3.63, 3.8) is 0 Å². The molecule has 0 amide bonds. The summed E-state index contributed by atoms with van der Waals surface area (Å²) >= 11 is 1.71. The molecular weight excluding hydrogens is 156 g/mol. The van der Waals surface area contributed by atoms with Crippen LogP contribution in [-0.2, 0) is 7.05 Å². The van der Waals surface area contributed by atoms with Gasteiger partial charge in [0.05, 0.1) is 16.9 Å². The number of imidazole rings is 1. The highest BCUT2D eigenvalue weighted by atomic mass is 32.1. The fourth-order valence-electron chi connectivity index (χ4n) is 0.964. The van der Waals surface area contributed by atoms with Crippen LogP contribution in [-0.4, -0.2) is 9.55 Å². The van der Waals surface area contributed by atoms with Gasteiger partial charge in [-0.3, -0.25) is 0 Å². The molecule has 0 unspecified atom stereocenters. The van der Waals surface area contributed by atoms with Gasteiger partial charge in [0.1, 0.15) is 0 Å². The molecule has 0 radical (unpaired) electrons. The molecule has 0 N–H and O–H groups in total. The average molecular weight is 164 g/mol. The predicted molar refractivity (Wildman–Crippen MR) is 46.5 cm³/mol. The quantitative estimate of drug-likeness (QED) is 0.631. The minimum atomic E-state index is 1.06. The maximum atomic E-state index is 4.23. The molecule has 0 aliphatic heterocycles. The van der Waals surface area contributed by atoms with E-state index < -0.39 is 0 Å². The zero-order chi connectivity index (χ0) is 7.68. The number of thiophene rings is 1. The molecule has 2 heterocycles. The largest absolute Gasteiger partial charge is 0.340 e. The van der Waals surface area contributed by atoms with E-state index in [-0.39, 0.29) is 0 Å². The van der Waals surface area contributed by atoms with Crippen LogP contribution in [0.15, 0.2) is 30.0 Å². The van der Waals surface area contributed by atoms with Crippen LogP contribution in [0.25, 0.3) is 10.6 Å². The molecule has 2 rings (SSSR count). The van der Waals surface area contributed by atoms with Gasteiger partial charge in [-0.05, 0) is 11.4 Å². The van der Waals surface area contributed by atoms with Gasteiger partial charge in [-0.15, -0.1) is 11.3 Å². The molecule has 0 bridgehead atoms. The Labute approximate surface area is 69.1 Å². The minimum Gasteiger partial charge on any atom is -0.340 e. The highest BCUT2D eigenvalue weighted by Crippen LogP contribution is 2.21. The Morgan fingerprint density at radius 2 is 2.45 bits per heavy atom. The van der Waals surface area contributed by atoms with Gasteiger partial charge >= 0.3 is 0 Å². The van der Waals surface area contributed by atoms with E-state index in [2.05, 4.69) is 16.4 Å². The number of rotatable bonds is 1. The molecular formula is C8H8N2S. The van der Waals surface area contributed by atoms with Crippen molar-refractivity contribution in [3.05, 3.63) is 30.0 Å². The van der Waals surface area contributed by atoms with E-state index in [0.29, 0.717) is 0 Å². The normalized spacial score (nSPS) is 10.3. The third-order valence-electron chi connectivity index (χ3n) is 1.48. The lowest BCUT2D eigenvalue weighted by Gasteiger charge is -1.85. The monoisotopic (exact) mass is 164 g/mol. The fraction of sp³-hybridized carbons (Fsp3) is 0.125. The SMILES string of the molecule is Cn1cnc(-c2cccs2)c1. The molecule has 0 aliphatic rings. The number of nitrogens with zero attached hydrogens (tertiary/aromatic N) is 2. The van der Waals surface area contributed by atoms with Gasteiger partial charge in [0.25, 0.3) is 0 Å². The summed E-state index contributed by atoms with van der Waals surface area (Å²) in [5.41, 5.74) is 1.06. The maximum absolute atomic E-state index is 4.23. The third-order valence-corrected chi connectivity index (χ3v) is 2.37. The molecule has 0 aromatic carbocycles. The molecule has 11 heavy (non-hydrogen) atoms. The summed E-state index contributed by atoms with van der Waals surface area (Å²) in [5.74, 6) is 0. The van der Waals surface area contributed by atoms with Crippen LogP contribution in [0.2, 0.25) is 0 Å². The first-order valence-corrected chi connectivity index (χ1v) is 4.26. The van der Waals surface area contributed by atoms with Crippen LogP contribution < -0.4 is 0 Å². The summed E-state index contributed by atoms with van der Waals surface area (Å²) in [5, 5.41) is 2.06. The van der Waals surface area contributed by atoms with Gasteiger partial charge in [0.15, 0.2) is 0 Å². The number of aryl methyl sites for hydroxylation is 1. The zero-order valence-electron chi connectivity index (χ0n) is 6.19. The van der Waals surface area contributed by atoms with E-state index in [1.165, 1.54) is 4.88 Å². The van der Waals surface area contributed by atoms with Crippen molar-refractivity contribution in [2.75, 3.05) is 0 Å². The van der Waals surface area contributed by atoms with Gasteiger partial charge < -0.3 is 4.57 Å². The molecule has 2 aromatic rings. The Kier molecular flexibility index (Phi) is 1.51. The first kappa shape index (κ1) is 6.61. The Morgan fingerprint density at radius 3 is 3.00 bits per heavy atom. The molecule has 2 aromatic heterocycles. The van der Waals surface area contributed by atoms with E-state index in [1.54, 1.807) is 11.3 Å². The molecule has 0 atom stereocenters. The van der Waals surface area contributed by atoms with Gasteiger partial charge in [0, 0.05) is 13.2 Å². The zero-order valence-corrected chi connectivity index (χ0v) is 7.01. The Hall–Kier alpha value is -1.09. The highest BCUT2D eigenvalue weighted by molar-refractivity contribution is 7.13. The van der Waals surface area contributed by atoms with Crippen LogP contribution in [0.4, 0.5) is 0 Å². The van der Waals surface area contributed by atoms with E-state index in [0.717, 1.165) is 5.69 Å². The summed E-state index contributed by atoms with van der Waals surface area (Å²) in [4.78, 5) is 5.46. The molecule has 2 nitrogen and oxygen atoms in total. The third kappa shape index (κ3) is 1.19. The van der Waals surface area contributed by atoms with E-state index in [4.69, 9.17) is 0 Å². The van der Waals surface area contributed by atoms with Crippen molar-refractivity contribution in [2.24, 2.45) is 7.05 Å². The standard InChI is InChI=1S/C8H8N2S/c1-10-5-7(9-6-10)8-3-2-4-11-8/h2-6H,1H3. The lowest BCUT2D eigenvalue weighted by Crippen LogP contribution is -1.77. The lowest BCUT2D eigenvalue weighted by molar-refractivity contribution is 0.913. The van der Waals surface area contributed by atoms with Crippen molar-refractivity contribution in [3.8, 4) is 10.6 Å². The van der Waals surface area contributed by atoms with Gasteiger partial charge in [-0.1, -0.05) is 6.07 Å². The fourth-order valence-corrected chi connectivity index (χ4v) is 1.65.